The van der Waals surface area contributed by atoms with E-state index in [1.54, 1.807) is 7.11 Å². The zero-order chi connectivity index (χ0) is 18.7. The number of ether oxygens (including phenoxy) is 1. The molecule has 4 heteroatoms. The van der Waals surface area contributed by atoms with E-state index < -0.39 is 0 Å². The van der Waals surface area contributed by atoms with Gasteiger partial charge >= 0.3 is 0 Å². The van der Waals surface area contributed by atoms with E-state index in [9.17, 15) is 4.79 Å². The number of piperidine rings is 1. The molecule has 3 atom stereocenters. The minimum absolute atomic E-state index is 0.111. The number of methoxy groups -OCH3 is 1. The van der Waals surface area contributed by atoms with E-state index >= 15 is 0 Å². The maximum absolute atomic E-state index is 12.9. The first kappa shape index (κ1) is 19.8. The van der Waals surface area contributed by atoms with E-state index in [0.29, 0.717) is 11.8 Å². The van der Waals surface area contributed by atoms with Crippen molar-refractivity contribution >= 4 is 5.91 Å². The van der Waals surface area contributed by atoms with E-state index in [2.05, 4.69) is 49.6 Å². The molecule has 0 aromatic heterocycles. The highest BCUT2D eigenvalue weighted by Gasteiger charge is 2.29. The number of hydrogen-bond donors (Lipinski definition) is 0. The predicted molar refractivity (Wildman–Crippen MR) is 103 cm³/mol. The highest BCUT2D eigenvalue weighted by molar-refractivity contribution is 5.81. The van der Waals surface area contributed by atoms with Gasteiger partial charge in [-0.1, -0.05) is 26.0 Å². The number of likely N-dealkylation sites (tertiary alicyclic amines) is 1. The third-order valence-electron chi connectivity index (χ3n) is 5.36. The van der Waals surface area contributed by atoms with Crippen LogP contribution in [0.4, 0.5) is 0 Å². The monoisotopic (exact) mass is 346 g/mol. The van der Waals surface area contributed by atoms with E-state index in [-0.39, 0.29) is 11.9 Å². The Bertz CT molecular complexity index is 581. The quantitative estimate of drug-likeness (QED) is 0.816. The molecule has 0 spiro atoms. The van der Waals surface area contributed by atoms with Crippen molar-refractivity contribution in [1.29, 1.82) is 0 Å². The van der Waals surface area contributed by atoms with Gasteiger partial charge in [-0.25, -0.2) is 0 Å². The minimum Gasteiger partial charge on any atom is -0.496 e. The number of carbonyl (C=O) groups is 1. The molecule has 1 aromatic rings. The molecular formula is C21H34N2O2. The van der Waals surface area contributed by atoms with Gasteiger partial charge in [0.25, 0.3) is 0 Å². The molecule has 140 valence electrons. The molecule has 4 nitrogen and oxygen atoms in total. The van der Waals surface area contributed by atoms with Crippen LogP contribution in [0, 0.1) is 25.7 Å². The molecule has 1 saturated heterocycles. The van der Waals surface area contributed by atoms with E-state index in [1.165, 1.54) is 12.0 Å². The van der Waals surface area contributed by atoms with Gasteiger partial charge in [-0.15, -0.1) is 0 Å². The van der Waals surface area contributed by atoms with Crippen LogP contribution >= 0.6 is 0 Å². The number of nitrogens with zero attached hydrogens (tertiary/aromatic N) is 2. The third-order valence-corrected chi connectivity index (χ3v) is 5.36. The van der Waals surface area contributed by atoms with Gasteiger partial charge < -0.3 is 9.64 Å². The van der Waals surface area contributed by atoms with Gasteiger partial charge in [0.15, 0.2) is 0 Å². The summed E-state index contributed by atoms with van der Waals surface area (Å²) in [7, 11) is 3.75. The smallest absolute Gasteiger partial charge is 0.239 e. The van der Waals surface area contributed by atoms with Crippen molar-refractivity contribution in [3.05, 3.63) is 28.8 Å². The maximum Gasteiger partial charge on any atom is 0.239 e. The van der Waals surface area contributed by atoms with Crippen LogP contribution in [0.5, 0.6) is 5.75 Å². The standard InChI is InChI=1S/C21H34N2O2/c1-14-8-15(2)12-23(11-14)21(24)18(5)22(6)13-19-9-16(3)20(25-7)17(4)10-19/h9-10,14-15,18H,8,11-13H2,1-7H3. The lowest BCUT2D eigenvalue weighted by Crippen LogP contribution is -2.50. The summed E-state index contributed by atoms with van der Waals surface area (Å²) in [5.74, 6) is 2.39. The van der Waals surface area contributed by atoms with Crippen LogP contribution in [-0.2, 0) is 11.3 Å². The lowest BCUT2D eigenvalue weighted by Gasteiger charge is -2.38. The van der Waals surface area contributed by atoms with Crippen molar-refractivity contribution in [2.45, 2.75) is 53.6 Å². The van der Waals surface area contributed by atoms with Crippen LogP contribution in [0.15, 0.2) is 12.1 Å². The van der Waals surface area contributed by atoms with Gasteiger partial charge in [0.1, 0.15) is 5.75 Å². The molecule has 1 amide bonds. The molecule has 1 aliphatic rings. The fourth-order valence-corrected chi connectivity index (χ4v) is 4.17. The fraction of sp³-hybridized carbons (Fsp3) is 0.667. The number of rotatable bonds is 5. The second-order valence-electron chi connectivity index (χ2n) is 8.04. The first-order valence-corrected chi connectivity index (χ1v) is 9.36. The minimum atomic E-state index is -0.111. The molecule has 0 saturated carbocycles. The molecule has 0 N–H and O–H groups in total. The average Bonchev–Trinajstić information content (AvgIpc) is 2.52. The fourth-order valence-electron chi connectivity index (χ4n) is 4.17. The first-order valence-electron chi connectivity index (χ1n) is 9.36. The molecule has 1 aromatic carbocycles. The van der Waals surface area contributed by atoms with Gasteiger partial charge in [0, 0.05) is 19.6 Å². The Morgan fingerprint density at radius 1 is 1.24 bits per heavy atom. The summed E-state index contributed by atoms with van der Waals surface area (Å²) >= 11 is 0. The molecule has 25 heavy (non-hydrogen) atoms. The molecule has 3 unspecified atom stereocenters. The van der Waals surface area contributed by atoms with Gasteiger partial charge in [-0.2, -0.15) is 0 Å². The molecular weight excluding hydrogens is 312 g/mol. The summed E-state index contributed by atoms with van der Waals surface area (Å²) in [4.78, 5) is 17.1. The Balaban J connectivity index is 2.04. The van der Waals surface area contributed by atoms with Crippen LogP contribution in [-0.4, -0.2) is 49.0 Å². The number of aryl methyl sites for hydroxylation is 2. The van der Waals surface area contributed by atoms with Crippen LogP contribution in [0.3, 0.4) is 0 Å². The lowest BCUT2D eigenvalue weighted by atomic mass is 9.91. The Morgan fingerprint density at radius 2 is 1.76 bits per heavy atom. The maximum atomic E-state index is 12.9. The summed E-state index contributed by atoms with van der Waals surface area (Å²) in [6.07, 6.45) is 1.22. The van der Waals surface area contributed by atoms with Gasteiger partial charge in [0.2, 0.25) is 5.91 Å². The van der Waals surface area contributed by atoms with Crippen molar-refractivity contribution < 1.29 is 9.53 Å². The van der Waals surface area contributed by atoms with E-state index in [1.807, 2.05) is 14.0 Å². The Hall–Kier alpha value is -1.55. The third kappa shape index (κ3) is 4.75. The first-order chi connectivity index (χ1) is 11.7. The molecule has 0 bridgehead atoms. The number of carbonyl (C=O) groups excluding carboxylic acids is 1. The average molecular weight is 347 g/mol. The number of amides is 1. The largest absolute Gasteiger partial charge is 0.496 e. The van der Waals surface area contributed by atoms with Gasteiger partial charge in [-0.3, -0.25) is 9.69 Å². The second-order valence-corrected chi connectivity index (χ2v) is 8.04. The molecule has 1 heterocycles. The summed E-state index contributed by atoms with van der Waals surface area (Å²) in [5.41, 5.74) is 3.51. The summed E-state index contributed by atoms with van der Waals surface area (Å²) in [5, 5.41) is 0. The molecule has 2 rings (SSSR count). The van der Waals surface area contributed by atoms with Crippen molar-refractivity contribution in [3.63, 3.8) is 0 Å². The van der Waals surface area contributed by atoms with E-state index in [0.717, 1.165) is 36.5 Å². The summed E-state index contributed by atoms with van der Waals surface area (Å²) in [6, 6.07) is 4.20. The topological polar surface area (TPSA) is 32.8 Å². The molecule has 1 fully saturated rings. The van der Waals surface area contributed by atoms with Crippen molar-refractivity contribution in [2.75, 3.05) is 27.2 Å². The Kier molecular flexibility index (Phi) is 6.50. The van der Waals surface area contributed by atoms with Crippen LogP contribution in [0.1, 0.15) is 43.9 Å². The molecule has 0 radical (unpaired) electrons. The molecule has 0 aliphatic carbocycles. The highest BCUT2D eigenvalue weighted by Crippen LogP contribution is 2.26. The van der Waals surface area contributed by atoms with Gasteiger partial charge in [-0.05, 0) is 62.8 Å². The normalized spacial score (nSPS) is 22.2. The number of hydrogen-bond acceptors (Lipinski definition) is 3. The second kappa shape index (κ2) is 8.22. The van der Waals surface area contributed by atoms with E-state index in [4.69, 9.17) is 4.74 Å². The number of likely N-dealkylation sites (N-methyl/N-ethyl adjacent to an activating group) is 1. The molecule has 1 aliphatic heterocycles. The SMILES string of the molecule is COc1c(C)cc(CN(C)C(C)C(=O)N2CC(C)CC(C)C2)cc1C. The van der Waals surface area contributed by atoms with Crippen molar-refractivity contribution in [3.8, 4) is 5.75 Å². The van der Waals surface area contributed by atoms with Crippen LogP contribution in [0.2, 0.25) is 0 Å². The zero-order valence-corrected chi connectivity index (χ0v) is 16.9. The van der Waals surface area contributed by atoms with Crippen LogP contribution < -0.4 is 4.74 Å². The van der Waals surface area contributed by atoms with Gasteiger partial charge in [0.05, 0.1) is 13.2 Å². The number of benzene rings is 1. The Morgan fingerprint density at radius 3 is 2.24 bits per heavy atom. The lowest BCUT2D eigenvalue weighted by molar-refractivity contribution is -0.138. The van der Waals surface area contributed by atoms with Crippen molar-refractivity contribution in [2.24, 2.45) is 11.8 Å². The highest BCUT2D eigenvalue weighted by atomic mass is 16.5. The zero-order valence-electron chi connectivity index (χ0n) is 16.9. The van der Waals surface area contributed by atoms with Crippen LogP contribution in [0.25, 0.3) is 0 Å². The Labute approximate surface area is 153 Å². The predicted octanol–water partition coefficient (Wildman–Crippen LogP) is 3.64. The van der Waals surface area contributed by atoms with Crippen molar-refractivity contribution in [1.82, 2.24) is 9.80 Å². The summed E-state index contributed by atoms with van der Waals surface area (Å²) < 4.78 is 5.45. The summed E-state index contributed by atoms with van der Waals surface area (Å²) in [6.45, 7) is 13.2.